The summed E-state index contributed by atoms with van der Waals surface area (Å²) >= 11 is 1.63. The molecule has 0 amide bonds. The minimum Gasteiger partial charge on any atom is -0.352 e. The highest BCUT2D eigenvalue weighted by Gasteiger charge is 2.07. The first-order chi connectivity index (χ1) is 10.9. The molecular weight excluding hydrogens is 334 g/mol. The lowest BCUT2D eigenvalue weighted by molar-refractivity contribution is 0.597. The highest BCUT2D eigenvalue weighted by molar-refractivity contribution is 7.89. The van der Waals surface area contributed by atoms with Gasteiger partial charge in [0.2, 0.25) is 10.0 Å². The Kier molecular flexibility index (Phi) is 5.69. The summed E-state index contributed by atoms with van der Waals surface area (Å²) in [6.45, 7) is 3.13. The Morgan fingerprint density at radius 1 is 1.26 bits per heavy atom. The van der Waals surface area contributed by atoms with Crippen molar-refractivity contribution >= 4 is 27.3 Å². The number of benzene rings is 1. The van der Waals surface area contributed by atoms with Crippen molar-refractivity contribution in [2.75, 3.05) is 7.05 Å². The number of aliphatic imine (C=N–C) groups is 1. The molecule has 0 bridgehead atoms. The topological polar surface area (TPSA) is 109 Å². The van der Waals surface area contributed by atoms with Gasteiger partial charge in [0.1, 0.15) is 5.01 Å². The van der Waals surface area contributed by atoms with Gasteiger partial charge in [-0.1, -0.05) is 12.1 Å². The molecule has 0 aliphatic carbocycles. The highest BCUT2D eigenvalue weighted by atomic mass is 32.2. The largest absolute Gasteiger partial charge is 0.352 e. The Hall–Kier alpha value is -1.97. The molecule has 1 aromatic carbocycles. The first-order valence-corrected chi connectivity index (χ1v) is 9.22. The van der Waals surface area contributed by atoms with Gasteiger partial charge in [0, 0.05) is 24.7 Å². The Bertz CT molecular complexity index is 782. The third kappa shape index (κ3) is 5.31. The zero-order chi connectivity index (χ0) is 16.9. The predicted octanol–water partition coefficient (Wildman–Crippen LogP) is 0.964. The van der Waals surface area contributed by atoms with Crippen molar-refractivity contribution in [3.8, 4) is 0 Å². The van der Waals surface area contributed by atoms with E-state index in [1.807, 2.05) is 13.1 Å². The molecule has 0 saturated carbocycles. The van der Waals surface area contributed by atoms with E-state index in [0.717, 1.165) is 10.6 Å². The number of aryl methyl sites for hydroxylation is 1. The molecule has 124 valence electrons. The van der Waals surface area contributed by atoms with Gasteiger partial charge < -0.3 is 10.6 Å². The summed E-state index contributed by atoms with van der Waals surface area (Å²) in [6, 6.07) is 6.40. The molecule has 0 saturated heterocycles. The van der Waals surface area contributed by atoms with Gasteiger partial charge in [-0.25, -0.2) is 18.5 Å². The Morgan fingerprint density at radius 2 is 1.91 bits per heavy atom. The van der Waals surface area contributed by atoms with Gasteiger partial charge in [-0.2, -0.15) is 0 Å². The van der Waals surface area contributed by atoms with Crippen molar-refractivity contribution in [2.45, 2.75) is 24.9 Å². The molecule has 0 aliphatic rings. The van der Waals surface area contributed by atoms with Gasteiger partial charge >= 0.3 is 0 Å². The van der Waals surface area contributed by atoms with Crippen LogP contribution in [0.1, 0.15) is 15.4 Å². The van der Waals surface area contributed by atoms with Gasteiger partial charge in [-0.15, -0.1) is 11.3 Å². The molecule has 1 heterocycles. The van der Waals surface area contributed by atoms with Crippen molar-refractivity contribution in [2.24, 2.45) is 10.1 Å². The molecule has 0 fully saturated rings. The van der Waals surface area contributed by atoms with Gasteiger partial charge in [0.15, 0.2) is 5.96 Å². The van der Waals surface area contributed by atoms with E-state index >= 15 is 0 Å². The van der Waals surface area contributed by atoms with Crippen LogP contribution in [0.4, 0.5) is 0 Å². The van der Waals surface area contributed by atoms with Crippen LogP contribution < -0.4 is 15.8 Å². The maximum absolute atomic E-state index is 11.2. The van der Waals surface area contributed by atoms with Crippen LogP contribution in [-0.4, -0.2) is 26.4 Å². The number of hydrogen-bond donors (Lipinski definition) is 3. The number of guanidine groups is 1. The normalized spacial score (nSPS) is 12.2. The van der Waals surface area contributed by atoms with E-state index in [0.29, 0.717) is 19.0 Å². The molecule has 0 spiro atoms. The Labute approximate surface area is 139 Å². The zero-order valence-corrected chi connectivity index (χ0v) is 14.5. The molecule has 23 heavy (non-hydrogen) atoms. The fourth-order valence-electron chi connectivity index (χ4n) is 1.85. The smallest absolute Gasteiger partial charge is 0.238 e. The molecule has 0 atom stereocenters. The van der Waals surface area contributed by atoms with E-state index in [2.05, 4.69) is 20.6 Å². The Morgan fingerprint density at radius 3 is 2.43 bits per heavy atom. The fraction of sp³-hybridized carbons (Fsp3) is 0.286. The maximum Gasteiger partial charge on any atom is 0.238 e. The number of thiazole rings is 1. The average molecular weight is 353 g/mol. The molecule has 1 aromatic heterocycles. The van der Waals surface area contributed by atoms with E-state index in [1.165, 1.54) is 17.0 Å². The number of hydrogen-bond acceptors (Lipinski definition) is 5. The molecule has 0 aliphatic heterocycles. The molecule has 0 radical (unpaired) electrons. The van der Waals surface area contributed by atoms with Crippen LogP contribution in [-0.2, 0) is 23.1 Å². The van der Waals surface area contributed by atoms with Crippen LogP contribution in [0.2, 0.25) is 0 Å². The number of rotatable bonds is 5. The Balaban J connectivity index is 1.88. The second kappa shape index (κ2) is 7.53. The van der Waals surface area contributed by atoms with Gasteiger partial charge in [-0.3, -0.25) is 4.99 Å². The summed E-state index contributed by atoms with van der Waals surface area (Å²) in [5, 5.41) is 12.4. The van der Waals surface area contributed by atoms with Crippen LogP contribution in [0.15, 0.2) is 40.4 Å². The van der Waals surface area contributed by atoms with Crippen LogP contribution in [0.3, 0.4) is 0 Å². The lowest BCUT2D eigenvalue weighted by Gasteiger charge is -2.11. The SMILES string of the molecule is CN=C(NCc1ccc(S(N)(=O)=O)cc1)NCc1ncc(C)s1. The zero-order valence-electron chi connectivity index (χ0n) is 12.9. The van der Waals surface area contributed by atoms with E-state index in [-0.39, 0.29) is 4.90 Å². The minimum atomic E-state index is -3.66. The van der Waals surface area contributed by atoms with Gasteiger partial charge in [0.25, 0.3) is 0 Å². The lowest BCUT2D eigenvalue weighted by atomic mass is 10.2. The summed E-state index contributed by atoms with van der Waals surface area (Å²) in [5.41, 5.74) is 0.922. The minimum absolute atomic E-state index is 0.0999. The van der Waals surface area contributed by atoms with Crippen LogP contribution in [0, 0.1) is 6.92 Å². The summed E-state index contributed by atoms with van der Waals surface area (Å²) in [7, 11) is -1.97. The van der Waals surface area contributed by atoms with Crippen LogP contribution >= 0.6 is 11.3 Å². The van der Waals surface area contributed by atoms with Gasteiger partial charge in [-0.05, 0) is 24.6 Å². The number of nitrogens with one attached hydrogen (secondary N) is 2. The van der Waals surface area contributed by atoms with Crippen LogP contribution in [0.25, 0.3) is 0 Å². The predicted molar refractivity (Wildman–Crippen MR) is 91.7 cm³/mol. The van der Waals surface area contributed by atoms with Crippen molar-refractivity contribution in [1.29, 1.82) is 0 Å². The summed E-state index contributed by atoms with van der Waals surface area (Å²) in [4.78, 5) is 9.68. The maximum atomic E-state index is 11.2. The van der Waals surface area contributed by atoms with Crippen molar-refractivity contribution in [1.82, 2.24) is 15.6 Å². The number of aromatic nitrogens is 1. The third-order valence-electron chi connectivity index (χ3n) is 3.01. The second-order valence-electron chi connectivity index (χ2n) is 4.83. The monoisotopic (exact) mass is 353 g/mol. The van der Waals surface area contributed by atoms with Crippen molar-refractivity contribution in [3.05, 3.63) is 45.9 Å². The number of nitrogens with two attached hydrogens (primary N) is 1. The quantitative estimate of drug-likeness (QED) is 0.548. The molecule has 2 aromatic rings. The first-order valence-electron chi connectivity index (χ1n) is 6.86. The molecule has 4 N–H and O–H groups in total. The number of sulfonamides is 1. The first kappa shape index (κ1) is 17.4. The van der Waals surface area contributed by atoms with Crippen LogP contribution in [0.5, 0.6) is 0 Å². The van der Waals surface area contributed by atoms with E-state index in [4.69, 9.17) is 5.14 Å². The number of nitrogens with zero attached hydrogens (tertiary/aromatic N) is 2. The second-order valence-corrected chi connectivity index (χ2v) is 7.71. The van der Waals surface area contributed by atoms with E-state index < -0.39 is 10.0 Å². The average Bonchev–Trinajstić information content (AvgIpc) is 2.92. The van der Waals surface area contributed by atoms with E-state index in [9.17, 15) is 8.42 Å². The van der Waals surface area contributed by atoms with E-state index in [1.54, 1.807) is 30.5 Å². The highest BCUT2D eigenvalue weighted by Crippen LogP contribution is 2.10. The summed E-state index contributed by atoms with van der Waals surface area (Å²) < 4.78 is 22.4. The number of primary sulfonamides is 1. The van der Waals surface area contributed by atoms with Gasteiger partial charge in [0.05, 0.1) is 11.4 Å². The third-order valence-corrected chi connectivity index (χ3v) is 4.85. The van der Waals surface area contributed by atoms with Crippen molar-refractivity contribution < 1.29 is 8.42 Å². The molecule has 2 rings (SSSR count). The molecule has 7 nitrogen and oxygen atoms in total. The standard InChI is InChI=1S/C14H19N5O2S2/c1-10-7-17-13(22-10)9-19-14(16-2)18-8-11-3-5-12(6-4-11)23(15,20)21/h3-7H,8-9H2,1-2H3,(H2,15,20,21)(H2,16,18,19). The van der Waals surface area contributed by atoms with Crippen molar-refractivity contribution in [3.63, 3.8) is 0 Å². The molecular formula is C14H19N5O2S2. The summed E-state index contributed by atoms with van der Waals surface area (Å²) in [5.74, 6) is 0.647. The molecule has 0 unspecified atom stereocenters. The fourth-order valence-corrected chi connectivity index (χ4v) is 3.09. The summed E-state index contributed by atoms with van der Waals surface area (Å²) in [6.07, 6.45) is 1.84. The lowest BCUT2D eigenvalue weighted by Crippen LogP contribution is -2.36. The molecule has 9 heteroatoms.